The standard InChI is InChI=1S/C17H33N3O2/c1-5-18(4)10-8-6-7-9-16(21)19-11-13-20(14-12-19)17(22)15(2)3/h15H,5-14H2,1-4H3. The normalized spacial score (nSPS) is 15.7. The number of nitrogens with zero attached hydrogens (tertiary/aromatic N) is 3. The van der Waals surface area contributed by atoms with Crippen molar-refractivity contribution in [1.82, 2.24) is 14.7 Å². The van der Waals surface area contributed by atoms with Crippen LogP contribution in [0.2, 0.25) is 0 Å². The van der Waals surface area contributed by atoms with E-state index in [2.05, 4.69) is 18.9 Å². The van der Waals surface area contributed by atoms with Crippen LogP contribution in [0.3, 0.4) is 0 Å². The van der Waals surface area contributed by atoms with Crippen molar-refractivity contribution in [3.8, 4) is 0 Å². The molecule has 1 saturated heterocycles. The molecule has 1 aliphatic rings. The molecule has 0 saturated carbocycles. The van der Waals surface area contributed by atoms with Crippen LogP contribution in [0.1, 0.15) is 46.5 Å². The average Bonchev–Trinajstić information content (AvgIpc) is 2.53. The Balaban J connectivity index is 2.16. The van der Waals surface area contributed by atoms with Gasteiger partial charge >= 0.3 is 0 Å². The van der Waals surface area contributed by atoms with E-state index in [1.165, 1.54) is 0 Å². The number of carbonyl (C=O) groups excluding carboxylic acids is 2. The Hall–Kier alpha value is -1.10. The number of amides is 2. The first-order valence-corrected chi connectivity index (χ1v) is 8.70. The molecule has 0 unspecified atom stereocenters. The molecule has 5 nitrogen and oxygen atoms in total. The Labute approximate surface area is 135 Å². The summed E-state index contributed by atoms with van der Waals surface area (Å²) in [5.74, 6) is 0.496. The van der Waals surface area contributed by atoms with Crippen molar-refractivity contribution in [3.63, 3.8) is 0 Å². The van der Waals surface area contributed by atoms with E-state index in [0.717, 1.165) is 32.4 Å². The summed E-state index contributed by atoms with van der Waals surface area (Å²) in [5, 5.41) is 0. The average molecular weight is 311 g/mol. The SMILES string of the molecule is CCN(C)CCCCCC(=O)N1CCN(C(=O)C(C)C)CC1. The van der Waals surface area contributed by atoms with Crippen LogP contribution < -0.4 is 0 Å². The molecule has 0 bridgehead atoms. The Kier molecular flexibility index (Phi) is 8.46. The number of hydrogen-bond donors (Lipinski definition) is 0. The highest BCUT2D eigenvalue weighted by Crippen LogP contribution is 2.10. The molecule has 0 atom stereocenters. The molecule has 0 aliphatic carbocycles. The second kappa shape index (κ2) is 9.82. The Morgan fingerprint density at radius 2 is 1.59 bits per heavy atom. The van der Waals surface area contributed by atoms with Crippen LogP contribution in [0.4, 0.5) is 0 Å². The molecule has 22 heavy (non-hydrogen) atoms. The van der Waals surface area contributed by atoms with Gasteiger partial charge in [-0.2, -0.15) is 0 Å². The van der Waals surface area contributed by atoms with Crippen LogP contribution >= 0.6 is 0 Å². The number of unbranched alkanes of at least 4 members (excludes halogenated alkanes) is 2. The summed E-state index contributed by atoms with van der Waals surface area (Å²) in [6, 6.07) is 0. The molecule has 0 aromatic rings. The van der Waals surface area contributed by atoms with Gasteiger partial charge in [-0.25, -0.2) is 0 Å². The van der Waals surface area contributed by atoms with Gasteiger partial charge in [0.25, 0.3) is 0 Å². The van der Waals surface area contributed by atoms with Crippen molar-refractivity contribution in [1.29, 1.82) is 0 Å². The third-order valence-electron chi connectivity index (χ3n) is 4.41. The van der Waals surface area contributed by atoms with Gasteiger partial charge in [-0.1, -0.05) is 27.2 Å². The topological polar surface area (TPSA) is 43.9 Å². The quantitative estimate of drug-likeness (QED) is 0.642. The van der Waals surface area contributed by atoms with Gasteiger partial charge in [0, 0.05) is 38.5 Å². The van der Waals surface area contributed by atoms with Crippen molar-refractivity contribution in [2.24, 2.45) is 5.92 Å². The lowest BCUT2D eigenvalue weighted by Crippen LogP contribution is -2.51. The second-order valence-electron chi connectivity index (χ2n) is 6.57. The molecule has 0 aromatic carbocycles. The minimum Gasteiger partial charge on any atom is -0.339 e. The fourth-order valence-electron chi connectivity index (χ4n) is 2.69. The number of piperazine rings is 1. The van der Waals surface area contributed by atoms with Crippen LogP contribution in [0.5, 0.6) is 0 Å². The first-order chi connectivity index (χ1) is 10.5. The molecule has 1 fully saturated rings. The molecule has 5 heteroatoms. The molecule has 0 N–H and O–H groups in total. The maximum Gasteiger partial charge on any atom is 0.225 e. The summed E-state index contributed by atoms with van der Waals surface area (Å²) in [4.78, 5) is 30.2. The zero-order valence-corrected chi connectivity index (χ0v) is 14.8. The lowest BCUT2D eigenvalue weighted by molar-refractivity contribution is -0.141. The molecule has 1 rings (SSSR count). The summed E-state index contributed by atoms with van der Waals surface area (Å²) in [7, 11) is 2.13. The maximum atomic E-state index is 12.2. The molecule has 1 aliphatic heterocycles. The highest BCUT2D eigenvalue weighted by atomic mass is 16.2. The van der Waals surface area contributed by atoms with Crippen LogP contribution in [0, 0.1) is 5.92 Å². The maximum absolute atomic E-state index is 12.2. The van der Waals surface area contributed by atoms with E-state index < -0.39 is 0 Å². The van der Waals surface area contributed by atoms with E-state index in [9.17, 15) is 9.59 Å². The van der Waals surface area contributed by atoms with Gasteiger partial charge in [0.2, 0.25) is 11.8 Å². The van der Waals surface area contributed by atoms with Crippen molar-refractivity contribution >= 4 is 11.8 Å². The smallest absolute Gasteiger partial charge is 0.225 e. The first-order valence-electron chi connectivity index (χ1n) is 8.70. The molecular weight excluding hydrogens is 278 g/mol. The van der Waals surface area contributed by atoms with Crippen LogP contribution in [-0.4, -0.2) is 72.8 Å². The summed E-state index contributed by atoms with van der Waals surface area (Å²) < 4.78 is 0. The van der Waals surface area contributed by atoms with Gasteiger partial charge in [0.1, 0.15) is 0 Å². The number of hydrogen-bond acceptors (Lipinski definition) is 3. The van der Waals surface area contributed by atoms with Crippen molar-refractivity contribution in [2.45, 2.75) is 46.5 Å². The number of carbonyl (C=O) groups is 2. The Bertz CT molecular complexity index is 350. The van der Waals surface area contributed by atoms with Gasteiger partial charge in [0.05, 0.1) is 0 Å². The fraction of sp³-hybridized carbons (Fsp3) is 0.882. The number of rotatable bonds is 8. The predicted octanol–water partition coefficient (Wildman–Crippen LogP) is 1.83. The highest BCUT2D eigenvalue weighted by Gasteiger charge is 2.24. The van der Waals surface area contributed by atoms with E-state index in [1.54, 1.807) is 0 Å². The lowest BCUT2D eigenvalue weighted by atomic mass is 10.1. The zero-order valence-electron chi connectivity index (χ0n) is 14.8. The van der Waals surface area contributed by atoms with Gasteiger partial charge in [0.15, 0.2) is 0 Å². The van der Waals surface area contributed by atoms with Gasteiger partial charge in [-0.3, -0.25) is 9.59 Å². The lowest BCUT2D eigenvalue weighted by Gasteiger charge is -2.35. The van der Waals surface area contributed by atoms with Gasteiger partial charge in [-0.15, -0.1) is 0 Å². The van der Waals surface area contributed by atoms with Crippen molar-refractivity contribution < 1.29 is 9.59 Å². The van der Waals surface area contributed by atoms with Crippen molar-refractivity contribution in [3.05, 3.63) is 0 Å². The minimum atomic E-state index is 0.0449. The summed E-state index contributed by atoms with van der Waals surface area (Å²) in [5.41, 5.74) is 0. The predicted molar refractivity (Wildman–Crippen MR) is 89.6 cm³/mol. The van der Waals surface area contributed by atoms with Crippen LogP contribution in [0.15, 0.2) is 0 Å². The third-order valence-corrected chi connectivity index (χ3v) is 4.41. The first kappa shape index (κ1) is 18.9. The molecule has 0 spiro atoms. The summed E-state index contributed by atoms with van der Waals surface area (Å²) >= 11 is 0. The molecule has 0 radical (unpaired) electrons. The Morgan fingerprint density at radius 1 is 1.00 bits per heavy atom. The molecule has 128 valence electrons. The Morgan fingerprint density at radius 3 is 2.14 bits per heavy atom. The van der Waals surface area contributed by atoms with Crippen molar-refractivity contribution in [2.75, 3.05) is 46.3 Å². The molecule has 2 amide bonds. The minimum absolute atomic E-state index is 0.0449. The van der Waals surface area contributed by atoms with E-state index in [4.69, 9.17) is 0 Å². The molecule has 1 heterocycles. The summed E-state index contributed by atoms with van der Waals surface area (Å²) in [6.45, 7) is 11.0. The van der Waals surface area contributed by atoms with E-state index in [1.807, 2.05) is 23.6 Å². The third kappa shape index (κ3) is 6.34. The second-order valence-corrected chi connectivity index (χ2v) is 6.57. The zero-order chi connectivity index (χ0) is 16.5. The molecular formula is C17H33N3O2. The van der Waals surface area contributed by atoms with Gasteiger partial charge in [-0.05, 0) is 33.0 Å². The van der Waals surface area contributed by atoms with E-state index >= 15 is 0 Å². The van der Waals surface area contributed by atoms with E-state index in [-0.39, 0.29) is 17.7 Å². The molecule has 0 aromatic heterocycles. The fourth-order valence-corrected chi connectivity index (χ4v) is 2.69. The summed E-state index contributed by atoms with van der Waals surface area (Å²) in [6.07, 6.45) is 3.89. The van der Waals surface area contributed by atoms with Gasteiger partial charge < -0.3 is 14.7 Å². The highest BCUT2D eigenvalue weighted by molar-refractivity contribution is 5.79. The largest absolute Gasteiger partial charge is 0.339 e. The van der Waals surface area contributed by atoms with E-state index in [0.29, 0.717) is 32.6 Å². The van der Waals surface area contributed by atoms with Crippen LogP contribution in [0.25, 0.3) is 0 Å². The van der Waals surface area contributed by atoms with Crippen LogP contribution in [-0.2, 0) is 9.59 Å². The monoisotopic (exact) mass is 311 g/mol.